The van der Waals surface area contributed by atoms with E-state index in [1.807, 2.05) is 10.8 Å². The number of carbonyl (C=O) groups excluding carboxylic acids is 3. The number of carbonyl (C=O) groups is 3. The summed E-state index contributed by atoms with van der Waals surface area (Å²) < 4.78 is 5.05. The molecule has 2 unspecified atom stereocenters. The molecule has 0 spiro atoms. The number of rotatable bonds is 3. The average molecular weight is 394 g/mol. The molecule has 1 saturated heterocycles. The second-order valence-corrected chi connectivity index (χ2v) is 7.85. The molecule has 27 heavy (non-hydrogen) atoms. The molecule has 1 aromatic rings. The number of hydrogen-bond donors (Lipinski definition) is 1. The third kappa shape index (κ3) is 4.68. The Morgan fingerprint density at radius 2 is 2.07 bits per heavy atom. The van der Waals surface area contributed by atoms with Crippen molar-refractivity contribution in [3.63, 3.8) is 0 Å². The van der Waals surface area contributed by atoms with E-state index in [0.717, 1.165) is 25.7 Å². The summed E-state index contributed by atoms with van der Waals surface area (Å²) >= 11 is 1.48. The van der Waals surface area contributed by atoms with E-state index in [1.165, 1.54) is 18.4 Å². The van der Waals surface area contributed by atoms with Gasteiger partial charge in [0.2, 0.25) is 11.8 Å². The molecule has 1 aromatic heterocycles. The van der Waals surface area contributed by atoms with Crippen LogP contribution in [0.5, 0.6) is 0 Å². The lowest BCUT2D eigenvalue weighted by Crippen LogP contribution is -2.56. The van der Waals surface area contributed by atoms with Crippen LogP contribution in [0.1, 0.15) is 36.0 Å². The van der Waals surface area contributed by atoms with E-state index in [2.05, 4.69) is 5.32 Å². The third-order valence-electron chi connectivity index (χ3n) is 5.40. The molecule has 0 aromatic carbocycles. The van der Waals surface area contributed by atoms with Crippen LogP contribution in [0.4, 0.5) is 0 Å². The number of methoxy groups -OCH3 is 1. The summed E-state index contributed by atoms with van der Waals surface area (Å²) in [5.41, 5.74) is 0.647. The van der Waals surface area contributed by atoms with Gasteiger partial charge in [-0.15, -0.1) is 0 Å². The SMILES string of the molecule is COCC(=O)N1CCN(C(=O)c2ccsc2)CCNC(=O)C2CCCCC21. The summed E-state index contributed by atoms with van der Waals surface area (Å²) in [4.78, 5) is 41.7. The molecular formula is C19H27N3O4S. The van der Waals surface area contributed by atoms with Crippen LogP contribution in [-0.2, 0) is 14.3 Å². The Labute approximate surface area is 163 Å². The summed E-state index contributed by atoms with van der Waals surface area (Å²) in [7, 11) is 1.50. The van der Waals surface area contributed by atoms with Gasteiger partial charge < -0.3 is 19.9 Å². The van der Waals surface area contributed by atoms with Gasteiger partial charge in [-0.3, -0.25) is 14.4 Å². The van der Waals surface area contributed by atoms with Gasteiger partial charge >= 0.3 is 0 Å². The summed E-state index contributed by atoms with van der Waals surface area (Å²) in [6.45, 7) is 1.73. The Balaban J connectivity index is 1.81. The quantitative estimate of drug-likeness (QED) is 0.841. The predicted molar refractivity (Wildman–Crippen MR) is 103 cm³/mol. The number of ether oxygens (including phenoxy) is 1. The summed E-state index contributed by atoms with van der Waals surface area (Å²) in [6.07, 6.45) is 3.61. The van der Waals surface area contributed by atoms with Crippen LogP contribution in [-0.4, -0.2) is 73.5 Å². The molecular weight excluding hydrogens is 366 g/mol. The Bertz CT molecular complexity index is 664. The van der Waals surface area contributed by atoms with Crippen LogP contribution < -0.4 is 5.32 Å². The molecule has 2 aliphatic rings. The Kier molecular flexibility index (Phi) is 6.84. The van der Waals surface area contributed by atoms with Crippen LogP contribution in [0, 0.1) is 5.92 Å². The molecule has 3 rings (SSSR count). The minimum Gasteiger partial charge on any atom is -0.375 e. The minimum atomic E-state index is -0.182. The van der Waals surface area contributed by atoms with Crippen molar-refractivity contribution in [3.05, 3.63) is 22.4 Å². The van der Waals surface area contributed by atoms with Crippen LogP contribution >= 0.6 is 11.3 Å². The van der Waals surface area contributed by atoms with Crippen LogP contribution in [0.15, 0.2) is 16.8 Å². The van der Waals surface area contributed by atoms with E-state index in [4.69, 9.17) is 4.74 Å². The molecule has 2 fully saturated rings. The Morgan fingerprint density at radius 3 is 2.81 bits per heavy atom. The van der Waals surface area contributed by atoms with Gasteiger partial charge in [0.25, 0.3) is 5.91 Å². The topological polar surface area (TPSA) is 79.0 Å². The van der Waals surface area contributed by atoms with Crippen molar-refractivity contribution in [3.8, 4) is 0 Å². The minimum absolute atomic E-state index is 0.0106. The molecule has 0 radical (unpaired) electrons. The zero-order valence-electron chi connectivity index (χ0n) is 15.7. The second kappa shape index (κ2) is 9.32. The van der Waals surface area contributed by atoms with Gasteiger partial charge in [-0.25, -0.2) is 0 Å². The highest BCUT2D eigenvalue weighted by Crippen LogP contribution is 2.29. The normalized spacial score (nSPS) is 24.1. The highest BCUT2D eigenvalue weighted by molar-refractivity contribution is 7.08. The molecule has 1 aliphatic heterocycles. The summed E-state index contributed by atoms with van der Waals surface area (Å²) in [6, 6.07) is 1.67. The number of thiophene rings is 1. The molecule has 8 heteroatoms. The van der Waals surface area contributed by atoms with Crippen LogP contribution in [0.2, 0.25) is 0 Å². The van der Waals surface area contributed by atoms with E-state index in [-0.39, 0.29) is 36.3 Å². The summed E-state index contributed by atoms with van der Waals surface area (Å²) in [5, 5.41) is 6.67. The van der Waals surface area contributed by atoms with E-state index in [0.29, 0.717) is 31.7 Å². The van der Waals surface area contributed by atoms with E-state index in [1.54, 1.807) is 15.9 Å². The van der Waals surface area contributed by atoms with Gasteiger partial charge in [0.15, 0.2) is 0 Å². The van der Waals surface area contributed by atoms with E-state index >= 15 is 0 Å². The molecule has 3 amide bonds. The van der Waals surface area contributed by atoms with Crippen LogP contribution in [0.3, 0.4) is 0 Å². The molecule has 2 heterocycles. The zero-order chi connectivity index (χ0) is 19.2. The lowest BCUT2D eigenvalue weighted by atomic mass is 9.82. The molecule has 1 N–H and O–H groups in total. The van der Waals surface area contributed by atoms with Gasteiger partial charge in [0.1, 0.15) is 6.61 Å². The first-order valence-corrected chi connectivity index (χ1v) is 10.4. The lowest BCUT2D eigenvalue weighted by Gasteiger charge is -2.41. The number of nitrogens with zero attached hydrogens (tertiary/aromatic N) is 2. The van der Waals surface area contributed by atoms with Crippen molar-refractivity contribution >= 4 is 29.1 Å². The smallest absolute Gasteiger partial charge is 0.254 e. The van der Waals surface area contributed by atoms with Crippen molar-refractivity contribution in [2.75, 3.05) is 39.9 Å². The van der Waals surface area contributed by atoms with Gasteiger partial charge in [-0.1, -0.05) is 12.8 Å². The van der Waals surface area contributed by atoms with Crippen LogP contribution in [0.25, 0.3) is 0 Å². The Morgan fingerprint density at radius 1 is 1.26 bits per heavy atom. The predicted octanol–water partition coefficient (Wildman–Crippen LogP) is 1.35. The molecule has 1 saturated carbocycles. The second-order valence-electron chi connectivity index (χ2n) is 7.07. The highest BCUT2D eigenvalue weighted by atomic mass is 32.1. The van der Waals surface area contributed by atoms with Gasteiger partial charge in [-0.2, -0.15) is 11.3 Å². The molecule has 2 atom stereocenters. The highest BCUT2D eigenvalue weighted by Gasteiger charge is 2.37. The lowest BCUT2D eigenvalue weighted by molar-refractivity contribution is -0.142. The first kappa shape index (κ1) is 19.8. The fraction of sp³-hybridized carbons (Fsp3) is 0.632. The van der Waals surface area contributed by atoms with Gasteiger partial charge in [-0.05, 0) is 24.3 Å². The maximum atomic E-state index is 12.8. The molecule has 7 nitrogen and oxygen atoms in total. The van der Waals surface area contributed by atoms with Crippen molar-refractivity contribution in [1.82, 2.24) is 15.1 Å². The van der Waals surface area contributed by atoms with Gasteiger partial charge in [0.05, 0.1) is 11.5 Å². The maximum Gasteiger partial charge on any atom is 0.254 e. The number of hydrogen-bond acceptors (Lipinski definition) is 5. The van der Waals surface area contributed by atoms with Crippen molar-refractivity contribution in [1.29, 1.82) is 0 Å². The molecule has 1 aliphatic carbocycles. The average Bonchev–Trinajstić information content (AvgIpc) is 3.21. The van der Waals surface area contributed by atoms with Gasteiger partial charge in [0, 0.05) is 44.7 Å². The van der Waals surface area contributed by atoms with Crippen molar-refractivity contribution in [2.45, 2.75) is 31.7 Å². The maximum absolute atomic E-state index is 12.8. The zero-order valence-corrected chi connectivity index (χ0v) is 16.5. The first-order valence-electron chi connectivity index (χ1n) is 9.49. The first-order chi connectivity index (χ1) is 13.1. The number of amides is 3. The van der Waals surface area contributed by atoms with Crippen molar-refractivity contribution in [2.24, 2.45) is 5.92 Å². The number of nitrogens with one attached hydrogen (secondary N) is 1. The molecule has 148 valence electrons. The monoisotopic (exact) mass is 393 g/mol. The summed E-state index contributed by atoms with van der Waals surface area (Å²) in [5.74, 6) is -0.380. The van der Waals surface area contributed by atoms with Crippen molar-refractivity contribution < 1.29 is 19.1 Å². The Hall–Kier alpha value is -1.93. The fourth-order valence-electron chi connectivity index (χ4n) is 4.03. The fourth-order valence-corrected chi connectivity index (χ4v) is 4.66. The standard InChI is InChI=1S/C19H27N3O4S/c1-26-12-17(23)22-10-9-21(19(25)14-6-11-27-13-14)8-7-20-18(24)15-4-2-3-5-16(15)22/h6,11,13,15-16H,2-5,7-10,12H2,1H3,(H,20,24). The van der Waals surface area contributed by atoms with E-state index < -0.39 is 0 Å². The number of fused-ring (bicyclic) bond motifs is 1. The largest absolute Gasteiger partial charge is 0.375 e. The molecule has 0 bridgehead atoms. The third-order valence-corrected chi connectivity index (χ3v) is 6.09. The van der Waals surface area contributed by atoms with E-state index in [9.17, 15) is 14.4 Å².